The molecule has 0 unspecified atom stereocenters. The van der Waals surface area contributed by atoms with E-state index in [0.717, 1.165) is 11.1 Å². The fraction of sp³-hybridized carbons (Fsp3) is 0. The second-order valence-electron chi connectivity index (χ2n) is 5.26. The minimum absolute atomic E-state index is 0.0680. The summed E-state index contributed by atoms with van der Waals surface area (Å²) < 4.78 is 13.6. The molecule has 2 heterocycles. The van der Waals surface area contributed by atoms with Crippen LogP contribution in [0.1, 0.15) is 10.5 Å². The highest BCUT2D eigenvalue weighted by Gasteiger charge is 2.16. The number of hydrogen-bond acceptors (Lipinski definition) is 2. The average molecular weight is 306 g/mol. The van der Waals surface area contributed by atoms with E-state index in [0.29, 0.717) is 22.0 Å². The van der Waals surface area contributed by atoms with Crippen LogP contribution in [0.4, 0.5) is 4.39 Å². The van der Waals surface area contributed by atoms with Crippen LogP contribution in [0.2, 0.25) is 0 Å². The topological polar surface area (TPSA) is 66.0 Å². The Kier molecular flexibility index (Phi) is 2.87. The summed E-state index contributed by atoms with van der Waals surface area (Å²) in [4.78, 5) is 18.9. The smallest absolute Gasteiger partial charge is 0.354 e. The summed E-state index contributed by atoms with van der Waals surface area (Å²) in [7, 11) is 0. The number of aromatic nitrogens is 2. The van der Waals surface area contributed by atoms with Crippen molar-refractivity contribution in [3.05, 3.63) is 66.1 Å². The summed E-state index contributed by atoms with van der Waals surface area (Å²) in [5.41, 5.74) is 2.70. The van der Waals surface area contributed by atoms with Crippen molar-refractivity contribution in [3.8, 4) is 11.3 Å². The van der Waals surface area contributed by atoms with Crippen LogP contribution < -0.4 is 0 Å². The predicted molar refractivity (Wildman–Crippen MR) is 86.0 cm³/mol. The van der Waals surface area contributed by atoms with Gasteiger partial charge in [0.15, 0.2) is 0 Å². The van der Waals surface area contributed by atoms with Gasteiger partial charge < -0.3 is 10.1 Å². The molecule has 5 heteroatoms. The lowest BCUT2D eigenvalue weighted by atomic mass is 10.1. The lowest BCUT2D eigenvalue weighted by Gasteiger charge is -2.05. The molecule has 4 rings (SSSR count). The van der Waals surface area contributed by atoms with Gasteiger partial charge in [0.05, 0.1) is 11.2 Å². The van der Waals surface area contributed by atoms with Crippen LogP contribution in [0.25, 0.3) is 33.1 Å². The Hall–Kier alpha value is -3.21. The van der Waals surface area contributed by atoms with Crippen molar-refractivity contribution >= 4 is 27.8 Å². The molecular weight excluding hydrogens is 295 g/mol. The van der Waals surface area contributed by atoms with Crippen molar-refractivity contribution in [2.24, 2.45) is 0 Å². The van der Waals surface area contributed by atoms with E-state index in [2.05, 4.69) is 9.97 Å². The minimum Gasteiger partial charge on any atom is -0.477 e. The van der Waals surface area contributed by atoms with Crippen molar-refractivity contribution in [3.63, 3.8) is 0 Å². The Morgan fingerprint density at radius 1 is 1.04 bits per heavy atom. The monoisotopic (exact) mass is 306 g/mol. The van der Waals surface area contributed by atoms with Crippen molar-refractivity contribution in [1.82, 2.24) is 9.97 Å². The molecule has 2 aromatic carbocycles. The largest absolute Gasteiger partial charge is 0.477 e. The van der Waals surface area contributed by atoms with Gasteiger partial charge in [-0.2, -0.15) is 0 Å². The quantitative estimate of drug-likeness (QED) is 0.582. The average Bonchev–Trinajstić information content (AvgIpc) is 2.92. The fourth-order valence-electron chi connectivity index (χ4n) is 2.78. The normalized spacial score (nSPS) is 11.2. The van der Waals surface area contributed by atoms with Gasteiger partial charge >= 0.3 is 5.97 Å². The molecule has 0 amide bonds. The van der Waals surface area contributed by atoms with Gasteiger partial charge in [-0.25, -0.2) is 14.2 Å². The number of carboxylic acids is 1. The number of carbonyl (C=O) groups is 1. The SMILES string of the molecule is O=C(O)c1cc2c([nH]c3ccc(F)cc32)c(-c2ccccc2)n1. The maximum absolute atomic E-state index is 13.6. The molecule has 0 radical (unpaired) electrons. The van der Waals surface area contributed by atoms with Gasteiger partial charge in [-0.3, -0.25) is 0 Å². The third-order valence-corrected chi connectivity index (χ3v) is 3.82. The van der Waals surface area contributed by atoms with E-state index >= 15 is 0 Å². The third kappa shape index (κ3) is 2.14. The highest BCUT2D eigenvalue weighted by atomic mass is 19.1. The zero-order valence-corrected chi connectivity index (χ0v) is 11.9. The highest BCUT2D eigenvalue weighted by molar-refractivity contribution is 6.12. The lowest BCUT2D eigenvalue weighted by Crippen LogP contribution is -2.01. The van der Waals surface area contributed by atoms with Crippen LogP contribution in [0, 0.1) is 5.82 Å². The number of pyridine rings is 1. The number of aromatic amines is 1. The first-order chi connectivity index (χ1) is 11.1. The summed E-state index contributed by atoms with van der Waals surface area (Å²) in [6.07, 6.45) is 0. The van der Waals surface area contributed by atoms with E-state index in [-0.39, 0.29) is 11.5 Å². The maximum Gasteiger partial charge on any atom is 0.354 e. The molecule has 0 fully saturated rings. The number of nitrogens with zero attached hydrogens (tertiary/aromatic N) is 1. The summed E-state index contributed by atoms with van der Waals surface area (Å²) in [6, 6.07) is 15.2. The maximum atomic E-state index is 13.6. The molecule has 0 aliphatic carbocycles. The molecule has 2 aromatic heterocycles. The van der Waals surface area contributed by atoms with Crippen LogP contribution in [-0.2, 0) is 0 Å². The molecule has 4 nitrogen and oxygen atoms in total. The highest BCUT2D eigenvalue weighted by Crippen LogP contribution is 2.32. The van der Waals surface area contributed by atoms with Crippen LogP contribution in [0.15, 0.2) is 54.6 Å². The first-order valence-corrected chi connectivity index (χ1v) is 7.04. The zero-order valence-electron chi connectivity index (χ0n) is 11.9. The van der Waals surface area contributed by atoms with E-state index in [1.54, 1.807) is 6.07 Å². The van der Waals surface area contributed by atoms with E-state index in [1.165, 1.54) is 18.2 Å². The summed E-state index contributed by atoms with van der Waals surface area (Å²) in [5, 5.41) is 10.6. The number of carboxylic acid groups (broad SMARTS) is 1. The number of aromatic carboxylic acids is 1. The van der Waals surface area contributed by atoms with E-state index in [9.17, 15) is 14.3 Å². The lowest BCUT2D eigenvalue weighted by molar-refractivity contribution is 0.0691. The number of nitrogens with one attached hydrogen (secondary N) is 1. The Balaban J connectivity index is 2.16. The third-order valence-electron chi connectivity index (χ3n) is 3.82. The molecule has 0 bridgehead atoms. The number of fused-ring (bicyclic) bond motifs is 3. The molecule has 2 N–H and O–H groups in total. The molecule has 0 saturated heterocycles. The molecule has 0 saturated carbocycles. The Morgan fingerprint density at radius 2 is 1.83 bits per heavy atom. The first kappa shape index (κ1) is 13.5. The molecule has 0 atom stereocenters. The van der Waals surface area contributed by atoms with Gasteiger partial charge in [0.1, 0.15) is 11.5 Å². The van der Waals surface area contributed by atoms with E-state index < -0.39 is 5.97 Å². The first-order valence-electron chi connectivity index (χ1n) is 7.04. The second kappa shape index (κ2) is 4.91. The molecule has 0 spiro atoms. The van der Waals surface area contributed by atoms with E-state index in [4.69, 9.17) is 0 Å². The van der Waals surface area contributed by atoms with Gasteiger partial charge in [-0.05, 0) is 24.3 Å². The summed E-state index contributed by atoms with van der Waals surface area (Å²) in [6.45, 7) is 0. The molecule has 112 valence electrons. The summed E-state index contributed by atoms with van der Waals surface area (Å²) >= 11 is 0. The molecule has 23 heavy (non-hydrogen) atoms. The second-order valence-corrected chi connectivity index (χ2v) is 5.26. The van der Waals surface area contributed by atoms with Gasteiger partial charge in [0, 0.05) is 21.9 Å². The number of benzene rings is 2. The van der Waals surface area contributed by atoms with Gasteiger partial charge in [-0.1, -0.05) is 30.3 Å². The standard InChI is InChI=1S/C18H11FN2O2/c19-11-6-7-14-12(8-11)13-9-15(18(22)23)21-16(17(13)20-14)10-4-2-1-3-5-10/h1-9,20H,(H,22,23). The van der Waals surface area contributed by atoms with Crippen LogP contribution in [-0.4, -0.2) is 21.0 Å². The number of H-pyrrole nitrogens is 1. The minimum atomic E-state index is -1.12. The van der Waals surface area contributed by atoms with Crippen LogP contribution in [0.3, 0.4) is 0 Å². The molecule has 0 aliphatic heterocycles. The van der Waals surface area contributed by atoms with Crippen molar-refractivity contribution in [2.45, 2.75) is 0 Å². The van der Waals surface area contributed by atoms with Gasteiger partial charge in [0.25, 0.3) is 0 Å². The van der Waals surface area contributed by atoms with Crippen molar-refractivity contribution in [1.29, 1.82) is 0 Å². The van der Waals surface area contributed by atoms with Crippen LogP contribution in [0.5, 0.6) is 0 Å². The number of hydrogen-bond donors (Lipinski definition) is 2. The number of rotatable bonds is 2. The molecule has 4 aromatic rings. The fourth-order valence-corrected chi connectivity index (χ4v) is 2.78. The molecular formula is C18H11FN2O2. The van der Waals surface area contributed by atoms with Gasteiger partial charge in [0.2, 0.25) is 0 Å². The Bertz CT molecular complexity index is 1050. The summed E-state index contributed by atoms with van der Waals surface area (Å²) in [5.74, 6) is -1.48. The van der Waals surface area contributed by atoms with Crippen molar-refractivity contribution in [2.75, 3.05) is 0 Å². The van der Waals surface area contributed by atoms with Crippen molar-refractivity contribution < 1.29 is 14.3 Å². The Labute approximate surface area is 130 Å². The predicted octanol–water partition coefficient (Wildman–Crippen LogP) is 4.22. The van der Waals surface area contributed by atoms with Gasteiger partial charge in [-0.15, -0.1) is 0 Å². The van der Waals surface area contributed by atoms with Crippen LogP contribution >= 0.6 is 0 Å². The zero-order chi connectivity index (χ0) is 16.0. The molecule has 0 aliphatic rings. The van der Waals surface area contributed by atoms with E-state index in [1.807, 2.05) is 30.3 Å². The number of halogens is 1. The Morgan fingerprint density at radius 3 is 2.57 bits per heavy atom.